The minimum atomic E-state index is -0.474. The second kappa shape index (κ2) is 6.14. The summed E-state index contributed by atoms with van der Waals surface area (Å²) < 4.78 is 12.0. The molecule has 7 heteroatoms. The van der Waals surface area contributed by atoms with Crippen LogP contribution in [0.15, 0.2) is 34.9 Å². The van der Waals surface area contributed by atoms with Gasteiger partial charge in [0.1, 0.15) is 0 Å². The molecule has 1 aromatic carbocycles. The van der Waals surface area contributed by atoms with E-state index < -0.39 is 18.3 Å². The summed E-state index contributed by atoms with van der Waals surface area (Å²) in [4.78, 5) is 2.79. The smallest absolute Gasteiger partial charge is 0.400 e. The van der Waals surface area contributed by atoms with Crippen molar-refractivity contribution in [3.63, 3.8) is 0 Å². The van der Waals surface area contributed by atoms with Gasteiger partial charge < -0.3 is 15.0 Å². The molecule has 0 amide bonds. The lowest BCUT2D eigenvalue weighted by molar-refractivity contribution is 0.00578. The maximum atomic E-state index is 8.51. The first-order chi connectivity index (χ1) is 10.3. The summed E-state index contributed by atoms with van der Waals surface area (Å²) in [6, 6.07) is 7.28. The fraction of sp³-hybridized carbons (Fsp3) is 0.467. The number of benzene rings is 1. The Labute approximate surface area is 131 Å². The van der Waals surface area contributed by atoms with Crippen molar-refractivity contribution in [3.05, 3.63) is 45.7 Å². The molecule has 6 nitrogen and oxygen atoms in total. The molecule has 2 N–H and O–H groups in total. The number of rotatable bonds is 4. The highest BCUT2D eigenvalue weighted by molar-refractivity contribution is 6.55. The van der Waals surface area contributed by atoms with Crippen LogP contribution in [0.3, 0.4) is 0 Å². The van der Waals surface area contributed by atoms with Crippen LogP contribution in [0.5, 0.6) is 0 Å². The van der Waals surface area contributed by atoms with Gasteiger partial charge in [-0.3, -0.25) is 0 Å². The highest BCUT2D eigenvalue weighted by Gasteiger charge is 2.52. The van der Waals surface area contributed by atoms with Gasteiger partial charge in [0.25, 0.3) is 0 Å². The molecule has 0 radical (unpaired) electrons. The monoisotopic (exact) mass is 300 g/mol. The lowest BCUT2D eigenvalue weighted by Gasteiger charge is -2.32. The largest absolute Gasteiger partial charge is 0.491 e. The summed E-state index contributed by atoms with van der Waals surface area (Å²) in [5.74, 6) is 0. The molecule has 0 bridgehead atoms. The number of nitrogens with zero attached hydrogens (tertiary/aromatic N) is 3. The van der Waals surface area contributed by atoms with Crippen molar-refractivity contribution in [1.29, 1.82) is 0 Å². The number of hydrogen-bond acceptors (Lipinski definition) is 4. The van der Waals surface area contributed by atoms with Crippen LogP contribution < -0.4 is 5.73 Å². The van der Waals surface area contributed by atoms with E-state index in [-0.39, 0.29) is 0 Å². The van der Waals surface area contributed by atoms with E-state index in [9.17, 15) is 0 Å². The predicted octanol–water partition coefficient (Wildman–Crippen LogP) is 3.60. The van der Waals surface area contributed by atoms with E-state index in [2.05, 4.69) is 10.0 Å². The number of azide groups is 1. The van der Waals surface area contributed by atoms with Crippen LogP contribution in [0.1, 0.15) is 33.3 Å². The van der Waals surface area contributed by atoms with Gasteiger partial charge in [-0.05, 0) is 50.3 Å². The van der Waals surface area contributed by atoms with Gasteiger partial charge in [0.2, 0.25) is 0 Å². The van der Waals surface area contributed by atoms with E-state index in [0.29, 0.717) is 12.2 Å². The highest BCUT2D eigenvalue weighted by Crippen LogP contribution is 2.38. The zero-order valence-corrected chi connectivity index (χ0v) is 13.4. The third kappa shape index (κ3) is 3.34. The SMILES string of the molecule is CC1(C)OB(C(=Cc2cccc(N=[N+]=[N-])c2)CN)OC1(C)C. The van der Waals surface area contributed by atoms with E-state index >= 15 is 0 Å². The number of hydrogen-bond donors (Lipinski definition) is 1. The van der Waals surface area contributed by atoms with E-state index in [0.717, 1.165) is 11.0 Å². The Bertz CT molecular complexity index is 620. The maximum absolute atomic E-state index is 8.51. The Hall–Kier alpha value is -1.79. The van der Waals surface area contributed by atoms with E-state index in [1.807, 2.05) is 45.9 Å². The minimum absolute atomic E-state index is 0.322. The molecule has 1 fully saturated rings. The van der Waals surface area contributed by atoms with E-state index in [1.165, 1.54) is 0 Å². The summed E-state index contributed by atoms with van der Waals surface area (Å²) >= 11 is 0. The Morgan fingerprint density at radius 1 is 1.32 bits per heavy atom. The van der Waals surface area contributed by atoms with Gasteiger partial charge in [0, 0.05) is 17.1 Å². The van der Waals surface area contributed by atoms with Crippen LogP contribution >= 0.6 is 0 Å². The van der Waals surface area contributed by atoms with Crippen molar-refractivity contribution in [1.82, 2.24) is 0 Å². The summed E-state index contributed by atoms with van der Waals surface area (Å²) in [6.07, 6.45) is 1.92. The maximum Gasteiger partial charge on any atom is 0.491 e. The minimum Gasteiger partial charge on any atom is -0.400 e. The van der Waals surface area contributed by atoms with Crippen LogP contribution in [0.25, 0.3) is 16.5 Å². The van der Waals surface area contributed by atoms with E-state index in [4.69, 9.17) is 20.6 Å². The standard InChI is InChI=1S/C15H21BN4O2/c1-14(2)15(3,4)22-16(21-14)12(10-17)8-11-6-5-7-13(9-11)19-20-18/h5-9H,10,17H2,1-4H3. The van der Waals surface area contributed by atoms with Gasteiger partial charge in [-0.15, -0.1) is 0 Å². The van der Waals surface area contributed by atoms with Crippen molar-refractivity contribution in [2.75, 3.05) is 6.54 Å². The Morgan fingerprint density at radius 3 is 2.50 bits per heavy atom. The van der Waals surface area contributed by atoms with Crippen molar-refractivity contribution < 1.29 is 9.31 Å². The van der Waals surface area contributed by atoms with Gasteiger partial charge in [-0.2, -0.15) is 0 Å². The molecule has 0 saturated carbocycles. The first-order valence-corrected chi connectivity index (χ1v) is 7.20. The molecule has 116 valence electrons. The quantitative estimate of drug-likeness (QED) is 0.398. The summed E-state index contributed by atoms with van der Waals surface area (Å²) in [7, 11) is -0.474. The average molecular weight is 300 g/mol. The van der Waals surface area contributed by atoms with Crippen molar-refractivity contribution >= 4 is 18.9 Å². The Morgan fingerprint density at radius 2 is 1.95 bits per heavy atom. The van der Waals surface area contributed by atoms with Gasteiger partial charge in [-0.1, -0.05) is 29.4 Å². The fourth-order valence-electron chi connectivity index (χ4n) is 2.16. The van der Waals surface area contributed by atoms with Crippen LogP contribution in [-0.2, 0) is 9.31 Å². The van der Waals surface area contributed by atoms with Crippen molar-refractivity contribution in [2.45, 2.75) is 38.9 Å². The second-order valence-electron chi connectivity index (χ2n) is 6.30. The first-order valence-electron chi connectivity index (χ1n) is 7.20. The van der Waals surface area contributed by atoms with Crippen LogP contribution in [-0.4, -0.2) is 24.9 Å². The zero-order chi connectivity index (χ0) is 16.4. The molecule has 1 aromatic rings. The average Bonchev–Trinajstić information content (AvgIpc) is 2.65. The molecular formula is C15H21BN4O2. The normalized spacial score (nSPS) is 19.9. The summed E-state index contributed by atoms with van der Waals surface area (Å²) in [5.41, 5.74) is 15.9. The third-order valence-electron chi connectivity index (χ3n) is 4.17. The Balaban J connectivity index is 2.29. The van der Waals surface area contributed by atoms with Crippen molar-refractivity contribution in [3.8, 4) is 0 Å². The lowest BCUT2D eigenvalue weighted by atomic mass is 9.77. The van der Waals surface area contributed by atoms with Crippen LogP contribution in [0, 0.1) is 0 Å². The molecular weight excluding hydrogens is 279 g/mol. The molecule has 1 heterocycles. The highest BCUT2D eigenvalue weighted by atomic mass is 16.7. The molecule has 0 atom stereocenters. The molecule has 2 rings (SSSR count). The Kier molecular flexibility index (Phi) is 4.63. The molecule has 0 aromatic heterocycles. The predicted molar refractivity (Wildman–Crippen MR) is 88.4 cm³/mol. The van der Waals surface area contributed by atoms with Crippen LogP contribution in [0.4, 0.5) is 5.69 Å². The topological polar surface area (TPSA) is 93.2 Å². The molecule has 1 aliphatic rings. The second-order valence-corrected chi connectivity index (χ2v) is 6.30. The fourth-order valence-corrected chi connectivity index (χ4v) is 2.16. The van der Waals surface area contributed by atoms with Gasteiger partial charge in [0.15, 0.2) is 0 Å². The van der Waals surface area contributed by atoms with Crippen LogP contribution in [0.2, 0.25) is 0 Å². The summed E-state index contributed by atoms with van der Waals surface area (Å²) in [6.45, 7) is 8.34. The first kappa shape index (κ1) is 16.6. The molecule has 1 aliphatic heterocycles. The van der Waals surface area contributed by atoms with Crippen molar-refractivity contribution in [2.24, 2.45) is 10.8 Å². The summed E-state index contributed by atoms with van der Waals surface area (Å²) in [5, 5.41) is 3.60. The van der Waals surface area contributed by atoms with E-state index in [1.54, 1.807) is 12.1 Å². The van der Waals surface area contributed by atoms with Gasteiger partial charge in [0.05, 0.1) is 11.2 Å². The zero-order valence-electron chi connectivity index (χ0n) is 13.4. The van der Waals surface area contributed by atoms with Gasteiger partial charge >= 0.3 is 7.12 Å². The molecule has 0 spiro atoms. The molecule has 0 aliphatic carbocycles. The van der Waals surface area contributed by atoms with Gasteiger partial charge in [-0.25, -0.2) is 0 Å². The third-order valence-corrected chi connectivity index (χ3v) is 4.17. The number of nitrogens with two attached hydrogens (primary N) is 1. The molecule has 0 unspecified atom stereocenters. The molecule has 22 heavy (non-hydrogen) atoms. The molecule has 1 saturated heterocycles. The lowest BCUT2D eigenvalue weighted by Crippen LogP contribution is -2.41.